The predicted molar refractivity (Wildman–Crippen MR) is 96.1 cm³/mol. The van der Waals surface area contributed by atoms with Gasteiger partial charge in [0.2, 0.25) is 5.91 Å². The number of likely N-dealkylation sites (tertiary alicyclic amines) is 1. The van der Waals surface area contributed by atoms with Crippen molar-refractivity contribution in [3.8, 4) is 5.75 Å². The van der Waals surface area contributed by atoms with Crippen LogP contribution in [0.3, 0.4) is 0 Å². The highest BCUT2D eigenvalue weighted by Crippen LogP contribution is 2.44. The Morgan fingerprint density at radius 3 is 2.63 bits per heavy atom. The zero-order valence-corrected chi connectivity index (χ0v) is 16.3. The second-order valence-corrected chi connectivity index (χ2v) is 8.34. The number of alkyl carbamates (subject to hydrolysis) is 1. The summed E-state index contributed by atoms with van der Waals surface area (Å²) in [5.74, 6) is -2.37. The number of rotatable bonds is 3. The Hall–Kier alpha value is -2.52. The summed E-state index contributed by atoms with van der Waals surface area (Å²) in [6, 6.07) is 3.50. The lowest BCUT2D eigenvalue weighted by atomic mass is 9.66. The minimum Gasteiger partial charge on any atom is -0.447 e. The fourth-order valence-electron chi connectivity index (χ4n) is 4.81. The lowest BCUT2D eigenvalue weighted by molar-refractivity contribution is -0.275. The Balaban J connectivity index is 1.40. The summed E-state index contributed by atoms with van der Waals surface area (Å²) in [7, 11) is 0. The van der Waals surface area contributed by atoms with Gasteiger partial charge in [0.1, 0.15) is 6.61 Å². The zero-order valence-electron chi connectivity index (χ0n) is 16.3. The Kier molecular flexibility index (Phi) is 5.06. The molecule has 4 rings (SSSR count). The van der Waals surface area contributed by atoms with Gasteiger partial charge in [-0.3, -0.25) is 4.79 Å². The number of benzene rings is 1. The molecule has 2 heterocycles. The van der Waals surface area contributed by atoms with Crippen LogP contribution in [0.4, 0.5) is 22.4 Å². The maximum absolute atomic E-state index is 14.1. The first kappa shape index (κ1) is 20.7. The number of hydrogen-bond acceptors (Lipinski definition) is 4. The third-order valence-electron chi connectivity index (χ3n) is 6.48. The van der Waals surface area contributed by atoms with Crippen LogP contribution in [0.15, 0.2) is 18.2 Å². The summed E-state index contributed by atoms with van der Waals surface area (Å²) in [5.41, 5.74) is -0.0238. The zero-order chi connectivity index (χ0) is 21.7. The van der Waals surface area contributed by atoms with Crippen molar-refractivity contribution in [2.45, 2.75) is 44.0 Å². The average molecular weight is 430 g/mol. The van der Waals surface area contributed by atoms with Crippen LogP contribution in [-0.2, 0) is 9.53 Å². The molecule has 1 spiro atoms. The number of carbonyl (C=O) groups excluding carboxylic acids is 2. The van der Waals surface area contributed by atoms with Crippen molar-refractivity contribution >= 4 is 12.0 Å². The van der Waals surface area contributed by atoms with E-state index in [-0.39, 0.29) is 30.3 Å². The van der Waals surface area contributed by atoms with Crippen LogP contribution in [0.1, 0.15) is 37.7 Å². The molecule has 2 saturated heterocycles. The molecule has 1 aromatic rings. The Labute approximate surface area is 170 Å². The van der Waals surface area contributed by atoms with Gasteiger partial charge in [0.15, 0.2) is 11.6 Å². The van der Waals surface area contributed by atoms with Gasteiger partial charge in [-0.15, -0.1) is 13.2 Å². The molecule has 3 aliphatic rings. The number of ether oxygens (including phenoxy) is 2. The van der Waals surface area contributed by atoms with Gasteiger partial charge >= 0.3 is 12.5 Å². The Morgan fingerprint density at radius 2 is 2.10 bits per heavy atom. The molecule has 1 N–H and O–H groups in total. The smallest absolute Gasteiger partial charge is 0.447 e. The van der Waals surface area contributed by atoms with Gasteiger partial charge < -0.3 is 19.7 Å². The lowest BCUT2D eigenvalue weighted by Gasteiger charge is -2.47. The molecule has 6 nitrogen and oxygen atoms in total. The fraction of sp³-hybridized carbons (Fsp3) is 0.600. The van der Waals surface area contributed by atoms with Crippen molar-refractivity contribution in [3.63, 3.8) is 0 Å². The molecule has 0 aromatic heterocycles. The number of carbonyl (C=O) groups is 2. The van der Waals surface area contributed by atoms with E-state index in [0.29, 0.717) is 37.9 Å². The van der Waals surface area contributed by atoms with E-state index in [1.165, 1.54) is 6.07 Å². The van der Waals surface area contributed by atoms with Crippen molar-refractivity contribution in [1.29, 1.82) is 0 Å². The molecular weight excluding hydrogens is 408 g/mol. The highest BCUT2D eigenvalue weighted by molar-refractivity contribution is 5.84. The number of nitrogens with zero attached hydrogens (tertiary/aromatic N) is 1. The number of cyclic esters (lactones) is 1. The highest BCUT2D eigenvalue weighted by atomic mass is 19.4. The molecule has 1 aromatic carbocycles. The molecule has 4 atom stereocenters. The quantitative estimate of drug-likeness (QED) is 0.745. The molecular formula is C20H22F4N2O4. The molecule has 0 radical (unpaired) electrons. The van der Waals surface area contributed by atoms with Gasteiger partial charge in [-0.2, -0.15) is 0 Å². The SMILES string of the molecule is C[C@H]1CN(C(=O)C2CC[C@]23COC(=O)N3)CCC1c1ccc(OC(F)(F)F)c(F)c1. The Bertz CT molecular complexity index is 862. The topological polar surface area (TPSA) is 67.9 Å². The number of piperidine rings is 1. The molecule has 30 heavy (non-hydrogen) atoms. The highest BCUT2D eigenvalue weighted by Gasteiger charge is 2.57. The summed E-state index contributed by atoms with van der Waals surface area (Å²) in [6.45, 7) is 3.03. The first-order valence-electron chi connectivity index (χ1n) is 9.87. The second-order valence-electron chi connectivity index (χ2n) is 8.34. The van der Waals surface area contributed by atoms with Crippen LogP contribution < -0.4 is 10.1 Å². The number of amides is 2. The molecule has 10 heteroatoms. The molecule has 3 fully saturated rings. The van der Waals surface area contributed by atoms with E-state index >= 15 is 0 Å². The third-order valence-corrected chi connectivity index (χ3v) is 6.48. The van der Waals surface area contributed by atoms with E-state index in [1.807, 2.05) is 6.92 Å². The van der Waals surface area contributed by atoms with Crippen LogP contribution in [0.25, 0.3) is 0 Å². The minimum atomic E-state index is -4.95. The largest absolute Gasteiger partial charge is 0.573 e. The van der Waals surface area contributed by atoms with Gasteiger partial charge in [0, 0.05) is 13.1 Å². The molecule has 0 bridgehead atoms. The average Bonchev–Trinajstić information content (AvgIpc) is 3.06. The molecule has 164 valence electrons. The van der Waals surface area contributed by atoms with E-state index in [9.17, 15) is 27.2 Å². The monoisotopic (exact) mass is 430 g/mol. The first-order valence-corrected chi connectivity index (χ1v) is 9.87. The van der Waals surface area contributed by atoms with Crippen LogP contribution in [0.2, 0.25) is 0 Å². The summed E-state index contributed by atoms with van der Waals surface area (Å²) in [5, 5.41) is 2.77. The summed E-state index contributed by atoms with van der Waals surface area (Å²) in [6.07, 6.45) is -3.51. The van der Waals surface area contributed by atoms with Crippen molar-refractivity contribution in [2.75, 3.05) is 19.7 Å². The molecule has 2 aliphatic heterocycles. The maximum Gasteiger partial charge on any atom is 0.573 e. The molecule has 1 saturated carbocycles. The van der Waals surface area contributed by atoms with Crippen molar-refractivity contribution < 1.29 is 36.6 Å². The van der Waals surface area contributed by atoms with Gasteiger partial charge in [0.25, 0.3) is 0 Å². The van der Waals surface area contributed by atoms with E-state index in [4.69, 9.17) is 4.74 Å². The third kappa shape index (κ3) is 3.79. The van der Waals surface area contributed by atoms with Gasteiger partial charge in [-0.1, -0.05) is 13.0 Å². The van der Waals surface area contributed by atoms with E-state index < -0.39 is 29.6 Å². The van der Waals surface area contributed by atoms with E-state index in [2.05, 4.69) is 10.1 Å². The lowest BCUT2D eigenvalue weighted by Crippen LogP contribution is -2.63. The predicted octanol–water partition coefficient (Wildman–Crippen LogP) is 3.56. The van der Waals surface area contributed by atoms with Crippen molar-refractivity contribution in [2.24, 2.45) is 11.8 Å². The Morgan fingerprint density at radius 1 is 1.33 bits per heavy atom. The number of halogens is 4. The van der Waals surface area contributed by atoms with Crippen LogP contribution in [-0.4, -0.2) is 48.5 Å². The van der Waals surface area contributed by atoms with Crippen LogP contribution >= 0.6 is 0 Å². The van der Waals surface area contributed by atoms with Gasteiger partial charge in [-0.05, 0) is 48.8 Å². The fourth-order valence-corrected chi connectivity index (χ4v) is 4.81. The summed E-state index contributed by atoms with van der Waals surface area (Å²) < 4.78 is 59.8. The number of nitrogens with one attached hydrogen (secondary N) is 1. The van der Waals surface area contributed by atoms with Gasteiger partial charge in [-0.25, -0.2) is 9.18 Å². The first-order chi connectivity index (χ1) is 14.1. The van der Waals surface area contributed by atoms with Crippen LogP contribution in [0, 0.1) is 17.7 Å². The van der Waals surface area contributed by atoms with Crippen molar-refractivity contribution in [1.82, 2.24) is 10.2 Å². The normalized spacial score (nSPS) is 31.2. The van der Waals surface area contributed by atoms with Crippen molar-refractivity contribution in [3.05, 3.63) is 29.6 Å². The molecule has 2 amide bonds. The van der Waals surface area contributed by atoms with E-state index in [1.54, 1.807) is 4.90 Å². The number of alkyl halides is 3. The van der Waals surface area contributed by atoms with E-state index in [0.717, 1.165) is 12.1 Å². The van der Waals surface area contributed by atoms with Gasteiger partial charge in [0.05, 0.1) is 11.5 Å². The summed E-state index contributed by atoms with van der Waals surface area (Å²) in [4.78, 5) is 26.2. The summed E-state index contributed by atoms with van der Waals surface area (Å²) >= 11 is 0. The minimum absolute atomic E-state index is 0.0121. The number of hydrogen-bond donors (Lipinski definition) is 1. The van der Waals surface area contributed by atoms with Crippen LogP contribution in [0.5, 0.6) is 5.75 Å². The second kappa shape index (κ2) is 7.31. The molecule has 1 aliphatic carbocycles. The maximum atomic E-state index is 14.1. The standard InChI is InChI=1S/C20H22F4N2O4/c1-11-9-26(17(27)14-4-6-19(14)10-29-18(28)25-19)7-5-13(11)12-2-3-16(15(21)8-12)30-20(22,23)24/h2-3,8,11,13-14H,4-7,9-10H2,1H3,(H,25,28)/t11-,13?,14?,19-/m0/s1. The molecule has 2 unspecified atom stereocenters.